The van der Waals surface area contributed by atoms with Gasteiger partial charge in [-0.1, -0.05) is 0 Å². The van der Waals surface area contributed by atoms with Gasteiger partial charge in [0.25, 0.3) is 0 Å². The van der Waals surface area contributed by atoms with Crippen molar-refractivity contribution in [3.8, 4) is 5.75 Å². The highest BCUT2D eigenvalue weighted by atomic mass is 19.1. The normalized spacial score (nSPS) is 10.5. The van der Waals surface area contributed by atoms with Crippen molar-refractivity contribution in [3.63, 3.8) is 0 Å². The van der Waals surface area contributed by atoms with E-state index in [2.05, 4.69) is 0 Å². The number of hydrogen-bond donors (Lipinski definition) is 0. The molecule has 0 aliphatic carbocycles. The molecule has 62 valence electrons. The van der Waals surface area contributed by atoms with Crippen LogP contribution in [0, 0.1) is 5.82 Å². The van der Waals surface area contributed by atoms with Gasteiger partial charge in [0.05, 0.1) is 13.4 Å². The van der Waals surface area contributed by atoms with Crippen molar-refractivity contribution in [2.24, 2.45) is 0 Å². The van der Waals surface area contributed by atoms with Crippen LogP contribution in [0.5, 0.6) is 5.75 Å². The molecule has 12 heavy (non-hydrogen) atoms. The number of ether oxygens (including phenoxy) is 1. The van der Waals surface area contributed by atoms with Crippen LogP contribution in [0.2, 0.25) is 0 Å². The van der Waals surface area contributed by atoms with Gasteiger partial charge in [-0.2, -0.15) is 0 Å². The fourth-order valence-electron chi connectivity index (χ4n) is 1.17. The van der Waals surface area contributed by atoms with Gasteiger partial charge in [0.15, 0.2) is 11.3 Å². The van der Waals surface area contributed by atoms with E-state index in [9.17, 15) is 4.39 Å². The standard InChI is InChI=1S/C9H7FO2/c1-11-8-5-7(10)4-6-2-3-12-9(6)8/h2-5H,1H3. The van der Waals surface area contributed by atoms with Crippen molar-refractivity contribution in [2.75, 3.05) is 7.11 Å². The largest absolute Gasteiger partial charge is 0.493 e. The maximum absolute atomic E-state index is 12.8. The molecule has 2 aromatic rings. The van der Waals surface area contributed by atoms with Crippen LogP contribution in [0.4, 0.5) is 4.39 Å². The highest BCUT2D eigenvalue weighted by Crippen LogP contribution is 2.27. The summed E-state index contributed by atoms with van der Waals surface area (Å²) < 4.78 is 22.9. The van der Waals surface area contributed by atoms with Crippen LogP contribution in [-0.2, 0) is 0 Å². The van der Waals surface area contributed by atoms with Gasteiger partial charge in [-0.3, -0.25) is 0 Å². The van der Waals surface area contributed by atoms with Crippen molar-refractivity contribution in [1.82, 2.24) is 0 Å². The first-order valence-corrected chi connectivity index (χ1v) is 3.52. The number of benzene rings is 1. The summed E-state index contributed by atoms with van der Waals surface area (Å²) in [5.41, 5.74) is 0.582. The van der Waals surface area contributed by atoms with Crippen LogP contribution >= 0.6 is 0 Å². The number of methoxy groups -OCH3 is 1. The molecule has 0 saturated heterocycles. The van der Waals surface area contributed by atoms with Gasteiger partial charge in [-0.15, -0.1) is 0 Å². The molecule has 0 unspecified atom stereocenters. The molecule has 0 radical (unpaired) electrons. The van der Waals surface area contributed by atoms with Gasteiger partial charge in [-0.25, -0.2) is 4.39 Å². The molecule has 2 nitrogen and oxygen atoms in total. The number of rotatable bonds is 1. The summed E-state index contributed by atoms with van der Waals surface area (Å²) in [7, 11) is 1.48. The summed E-state index contributed by atoms with van der Waals surface area (Å²) in [5.74, 6) is 0.107. The highest BCUT2D eigenvalue weighted by molar-refractivity contribution is 5.82. The molecule has 0 spiro atoms. The second kappa shape index (κ2) is 2.52. The third-order valence-electron chi connectivity index (χ3n) is 1.70. The molecule has 1 heterocycles. The van der Waals surface area contributed by atoms with Gasteiger partial charge in [0.1, 0.15) is 5.82 Å². The van der Waals surface area contributed by atoms with E-state index in [1.165, 1.54) is 25.5 Å². The Morgan fingerprint density at radius 3 is 3.00 bits per heavy atom. The van der Waals surface area contributed by atoms with E-state index >= 15 is 0 Å². The fourth-order valence-corrected chi connectivity index (χ4v) is 1.17. The zero-order chi connectivity index (χ0) is 8.55. The van der Waals surface area contributed by atoms with Crippen LogP contribution in [0.25, 0.3) is 11.0 Å². The first-order chi connectivity index (χ1) is 5.81. The molecule has 0 aliphatic rings. The number of hydrogen-bond acceptors (Lipinski definition) is 2. The molecule has 0 saturated carbocycles. The smallest absolute Gasteiger partial charge is 0.175 e. The van der Waals surface area contributed by atoms with Crippen molar-refractivity contribution in [1.29, 1.82) is 0 Å². The first kappa shape index (κ1) is 7.16. The fraction of sp³-hybridized carbons (Fsp3) is 0.111. The Morgan fingerprint density at radius 2 is 2.25 bits per heavy atom. The minimum atomic E-state index is -0.319. The lowest BCUT2D eigenvalue weighted by Gasteiger charge is -1.99. The maximum Gasteiger partial charge on any atom is 0.175 e. The quantitative estimate of drug-likeness (QED) is 0.649. The van der Waals surface area contributed by atoms with Crippen molar-refractivity contribution < 1.29 is 13.5 Å². The zero-order valence-electron chi connectivity index (χ0n) is 6.50. The van der Waals surface area contributed by atoms with E-state index in [1.807, 2.05) is 0 Å². The molecule has 1 aromatic heterocycles. The maximum atomic E-state index is 12.8. The molecule has 0 fully saturated rings. The van der Waals surface area contributed by atoms with Crippen LogP contribution in [0.3, 0.4) is 0 Å². The molecule has 0 atom stereocenters. The number of furan rings is 1. The summed E-state index contributed by atoms with van der Waals surface area (Å²) in [4.78, 5) is 0. The Kier molecular flexibility index (Phi) is 1.50. The minimum Gasteiger partial charge on any atom is -0.493 e. The summed E-state index contributed by atoms with van der Waals surface area (Å²) in [5, 5.41) is 0.715. The molecule has 0 N–H and O–H groups in total. The molecular formula is C9H7FO2. The Balaban J connectivity index is 2.80. The average Bonchev–Trinajstić information content (AvgIpc) is 2.50. The number of fused-ring (bicyclic) bond motifs is 1. The predicted molar refractivity (Wildman–Crippen MR) is 42.7 cm³/mol. The summed E-state index contributed by atoms with van der Waals surface area (Å²) in [6.07, 6.45) is 1.51. The third kappa shape index (κ3) is 0.942. The van der Waals surface area contributed by atoms with Gasteiger partial charge in [-0.05, 0) is 12.1 Å². The van der Waals surface area contributed by atoms with E-state index in [4.69, 9.17) is 9.15 Å². The first-order valence-electron chi connectivity index (χ1n) is 3.52. The number of halogens is 1. The molecule has 2 rings (SSSR count). The highest BCUT2D eigenvalue weighted by Gasteiger charge is 2.06. The monoisotopic (exact) mass is 166 g/mol. The van der Waals surface area contributed by atoms with Crippen LogP contribution in [-0.4, -0.2) is 7.11 Å². The lowest BCUT2D eigenvalue weighted by atomic mass is 10.2. The second-order valence-electron chi connectivity index (χ2n) is 2.45. The van der Waals surface area contributed by atoms with Crippen LogP contribution in [0.1, 0.15) is 0 Å². The minimum absolute atomic E-state index is 0.319. The Morgan fingerprint density at radius 1 is 1.42 bits per heavy atom. The van der Waals surface area contributed by atoms with Gasteiger partial charge < -0.3 is 9.15 Å². The van der Waals surface area contributed by atoms with E-state index in [0.717, 1.165) is 0 Å². The predicted octanol–water partition coefficient (Wildman–Crippen LogP) is 2.58. The summed E-state index contributed by atoms with van der Waals surface area (Å²) in [6, 6.07) is 4.40. The van der Waals surface area contributed by atoms with Crippen LogP contribution in [0.15, 0.2) is 28.9 Å². The zero-order valence-corrected chi connectivity index (χ0v) is 6.50. The molecular weight excluding hydrogens is 159 g/mol. The SMILES string of the molecule is COc1cc(F)cc2ccoc12. The Bertz CT molecular complexity index is 406. The molecule has 0 amide bonds. The summed E-state index contributed by atoms with van der Waals surface area (Å²) in [6.45, 7) is 0. The van der Waals surface area contributed by atoms with Crippen molar-refractivity contribution >= 4 is 11.0 Å². The topological polar surface area (TPSA) is 22.4 Å². The Hall–Kier alpha value is -1.51. The van der Waals surface area contributed by atoms with Gasteiger partial charge >= 0.3 is 0 Å². The van der Waals surface area contributed by atoms with Crippen molar-refractivity contribution in [2.45, 2.75) is 0 Å². The van der Waals surface area contributed by atoms with Gasteiger partial charge in [0, 0.05) is 11.5 Å². The Labute approximate surface area is 68.6 Å². The van der Waals surface area contributed by atoms with Crippen LogP contribution < -0.4 is 4.74 Å². The van der Waals surface area contributed by atoms with E-state index in [0.29, 0.717) is 16.7 Å². The van der Waals surface area contributed by atoms with E-state index in [-0.39, 0.29) is 5.82 Å². The van der Waals surface area contributed by atoms with Gasteiger partial charge in [0.2, 0.25) is 0 Å². The van der Waals surface area contributed by atoms with E-state index < -0.39 is 0 Å². The average molecular weight is 166 g/mol. The second-order valence-corrected chi connectivity index (χ2v) is 2.45. The molecule has 0 bridgehead atoms. The molecule has 1 aromatic carbocycles. The van der Waals surface area contributed by atoms with E-state index in [1.54, 1.807) is 6.07 Å². The lowest BCUT2D eigenvalue weighted by molar-refractivity contribution is 0.407. The molecule has 0 aliphatic heterocycles. The molecule has 3 heteroatoms. The third-order valence-corrected chi connectivity index (χ3v) is 1.70. The lowest BCUT2D eigenvalue weighted by Crippen LogP contribution is -1.84. The van der Waals surface area contributed by atoms with Crippen molar-refractivity contribution in [3.05, 3.63) is 30.3 Å². The summed E-state index contributed by atoms with van der Waals surface area (Å²) >= 11 is 0.